The summed E-state index contributed by atoms with van der Waals surface area (Å²) >= 11 is 1.50. The maximum absolute atomic E-state index is 12.7. The molecule has 4 rings (SSSR count). The molecule has 2 amide bonds. The van der Waals surface area contributed by atoms with Gasteiger partial charge in [0.25, 0.3) is 5.91 Å². The van der Waals surface area contributed by atoms with Crippen molar-refractivity contribution in [1.82, 2.24) is 15.2 Å². The molecule has 2 N–H and O–H groups in total. The second-order valence-corrected chi connectivity index (χ2v) is 12.1. The summed E-state index contributed by atoms with van der Waals surface area (Å²) in [6.07, 6.45) is 6.68. The fourth-order valence-electron chi connectivity index (χ4n) is 4.41. The number of carbonyl (C=O) groups is 2. The molecule has 178 valence electrons. The molecule has 2 heterocycles. The molecule has 0 radical (unpaired) electrons. The van der Waals surface area contributed by atoms with Crippen LogP contribution in [0.2, 0.25) is 0 Å². The van der Waals surface area contributed by atoms with Crippen molar-refractivity contribution < 1.29 is 18.0 Å². The third-order valence-electron chi connectivity index (χ3n) is 6.39. The van der Waals surface area contributed by atoms with Crippen molar-refractivity contribution >= 4 is 33.2 Å². The van der Waals surface area contributed by atoms with Crippen LogP contribution >= 0.6 is 11.3 Å². The Kier molecular flexibility index (Phi) is 7.51. The highest BCUT2D eigenvalue weighted by Gasteiger charge is 2.25. The van der Waals surface area contributed by atoms with Crippen LogP contribution in [0.3, 0.4) is 0 Å². The largest absolute Gasteiger partial charge is 0.279 e. The average Bonchev–Trinajstić information content (AvgIpc) is 3.25. The van der Waals surface area contributed by atoms with Crippen LogP contribution in [0.1, 0.15) is 64.7 Å². The number of rotatable bonds is 6. The van der Waals surface area contributed by atoms with Crippen molar-refractivity contribution in [2.75, 3.05) is 13.1 Å². The highest BCUT2D eigenvalue weighted by Crippen LogP contribution is 2.32. The van der Waals surface area contributed by atoms with Gasteiger partial charge in [-0.3, -0.25) is 20.4 Å². The van der Waals surface area contributed by atoms with E-state index in [9.17, 15) is 18.0 Å². The highest BCUT2D eigenvalue weighted by molar-refractivity contribution is 7.89. The quantitative estimate of drug-likeness (QED) is 0.608. The lowest BCUT2D eigenvalue weighted by atomic mass is 9.90. The van der Waals surface area contributed by atoms with Crippen molar-refractivity contribution in [3.05, 3.63) is 51.2 Å². The summed E-state index contributed by atoms with van der Waals surface area (Å²) in [4.78, 5) is 26.8. The lowest BCUT2D eigenvalue weighted by Crippen LogP contribution is -2.41. The number of sulfonamides is 1. The fraction of sp³-hybridized carbons (Fsp3) is 0.500. The van der Waals surface area contributed by atoms with Crippen LogP contribution in [0.15, 0.2) is 35.2 Å². The first kappa shape index (κ1) is 23.9. The predicted molar refractivity (Wildman–Crippen MR) is 128 cm³/mol. The molecule has 0 saturated carbocycles. The molecule has 2 aliphatic rings. The summed E-state index contributed by atoms with van der Waals surface area (Å²) < 4.78 is 27.0. The molecule has 0 spiro atoms. The van der Waals surface area contributed by atoms with Crippen molar-refractivity contribution in [2.45, 2.75) is 63.2 Å². The molecule has 0 bridgehead atoms. The Balaban J connectivity index is 1.25. The van der Waals surface area contributed by atoms with Crippen molar-refractivity contribution in [2.24, 2.45) is 5.92 Å². The number of amides is 2. The van der Waals surface area contributed by atoms with Gasteiger partial charge in [0.2, 0.25) is 15.9 Å². The molecule has 1 aromatic carbocycles. The molecule has 1 aliphatic carbocycles. The van der Waals surface area contributed by atoms with E-state index in [2.05, 4.69) is 17.8 Å². The number of nitrogens with zero attached hydrogens (tertiary/aromatic N) is 1. The number of benzene rings is 1. The van der Waals surface area contributed by atoms with Gasteiger partial charge in [-0.05, 0) is 73.8 Å². The Morgan fingerprint density at radius 1 is 1.09 bits per heavy atom. The molecule has 33 heavy (non-hydrogen) atoms. The number of nitrogens with one attached hydrogen (secondary N) is 2. The molecule has 9 heteroatoms. The van der Waals surface area contributed by atoms with Crippen LogP contribution in [0.4, 0.5) is 0 Å². The summed E-state index contributed by atoms with van der Waals surface area (Å²) in [5.74, 6) is 0.0626. The van der Waals surface area contributed by atoms with E-state index in [-0.39, 0.29) is 23.1 Å². The first-order valence-electron chi connectivity index (χ1n) is 11.6. The van der Waals surface area contributed by atoms with Crippen LogP contribution in [-0.4, -0.2) is 37.6 Å². The number of carbonyl (C=O) groups excluding carboxylic acids is 2. The van der Waals surface area contributed by atoms with E-state index in [0.717, 1.165) is 44.1 Å². The minimum Gasteiger partial charge on any atom is -0.273 e. The second-order valence-electron chi connectivity index (χ2n) is 9.02. The van der Waals surface area contributed by atoms with E-state index >= 15 is 0 Å². The molecule has 1 fully saturated rings. The number of hydrogen-bond acceptors (Lipinski definition) is 5. The van der Waals surface area contributed by atoms with Gasteiger partial charge in [-0.1, -0.05) is 25.5 Å². The van der Waals surface area contributed by atoms with E-state index in [1.807, 2.05) is 6.07 Å². The summed E-state index contributed by atoms with van der Waals surface area (Å²) in [6.45, 7) is 3.37. The number of thiophene rings is 1. The van der Waals surface area contributed by atoms with Gasteiger partial charge in [-0.25, -0.2) is 8.42 Å². The first-order chi connectivity index (χ1) is 15.8. The van der Waals surface area contributed by atoms with Crippen LogP contribution in [-0.2, 0) is 34.1 Å². The predicted octanol–water partition coefficient (Wildman–Crippen LogP) is 3.44. The maximum atomic E-state index is 12.7. The number of aryl methyl sites for hydroxylation is 2. The minimum absolute atomic E-state index is 0.191. The molecule has 1 saturated heterocycles. The van der Waals surface area contributed by atoms with E-state index < -0.39 is 10.0 Å². The van der Waals surface area contributed by atoms with Crippen LogP contribution < -0.4 is 10.9 Å². The summed E-state index contributed by atoms with van der Waals surface area (Å²) in [5.41, 5.74) is 7.11. The monoisotopic (exact) mass is 489 g/mol. The van der Waals surface area contributed by atoms with Crippen molar-refractivity contribution in [3.63, 3.8) is 0 Å². The number of hydrogen-bond donors (Lipinski definition) is 2. The Bertz CT molecular complexity index is 1100. The minimum atomic E-state index is -3.45. The normalized spacial score (nSPS) is 19.0. The molecule has 1 aliphatic heterocycles. The molecule has 1 unspecified atom stereocenters. The first-order valence-corrected chi connectivity index (χ1v) is 13.9. The third kappa shape index (κ3) is 5.83. The van der Waals surface area contributed by atoms with Gasteiger partial charge < -0.3 is 0 Å². The van der Waals surface area contributed by atoms with Gasteiger partial charge in [0.15, 0.2) is 0 Å². The third-order valence-corrected chi connectivity index (χ3v) is 9.53. The summed E-state index contributed by atoms with van der Waals surface area (Å²) in [7, 11) is -3.45. The molecule has 1 aromatic heterocycles. The van der Waals surface area contributed by atoms with Gasteiger partial charge in [-0.2, -0.15) is 4.31 Å². The lowest BCUT2D eigenvalue weighted by molar-refractivity contribution is -0.121. The zero-order chi connectivity index (χ0) is 23.4. The van der Waals surface area contributed by atoms with Crippen molar-refractivity contribution in [3.8, 4) is 0 Å². The molecular formula is C24H31N3O4S2. The van der Waals surface area contributed by atoms with E-state index in [1.54, 1.807) is 28.6 Å². The summed E-state index contributed by atoms with van der Waals surface area (Å²) in [5, 5.41) is 0. The van der Waals surface area contributed by atoms with Gasteiger partial charge >= 0.3 is 0 Å². The fourth-order valence-corrected chi connectivity index (χ4v) is 7.03. The molecule has 1 atom stereocenters. The Labute approximate surface area is 199 Å². The molecule has 2 aromatic rings. The molecular weight excluding hydrogens is 458 g/mol. The highest BCUT2D eigenvalue weighted by atomic mass is 32.2. The lowest BCUT2D eigenvalue weighted by Gasteiger charge is -2.25. The maximum Gasteiger partial charge on any atom is 0.279 e. The van der Waals surface area contributed by atoms with Crippen LogP contribution in [0.25, 0.3) is 0 Å². The van der Waals surface area contributed by atoms with E-state index in [1.165, 1.54) is 21.8 Å². The summed E-state index contributed by atoms with van der Waals surface area (Å²) in [6, 6.07) is 8.66. The Morgan fingerprint density at radius 2 is 1.82 bits per heavy atom. The SMILES string of the molecule is CC1CCc2sc(C(=O)NNC(=O)CCc3ccc(S(=O)(=O)N4CCCCC4)cc3)cc2C1. The number of piperidine rings is 1. The van der Waals surface area contributed by atoms with Gasteiger partial charge in [0.05, 0.1) is 9.77 Å². The smallest absolute Gasteiger partial charge is 0.273 e. The Hall–Kier alpha value is -2.23. The zero-order valence-electron chi connectivity index (χ0n) is 18.9. The van der Waals surface area contributed by atoms with Gasteiger partial charge in [0.1, 0.15) is 0 Å². The second kappa shape index (κ2) is 10.4. The average molecular weight is 490 g/mol. The molecule has 7 nitrogen and oxygen atoms in total. The number of hydrazine groups is 1. The van der Waals surface area contributed by atoms with Gasteiger partial charge in [0, 0.05) is 24.4 Å². The standard InChI is InChI=1S/C24H31N3O4S2/c1-17-5-11-21-19(15-17)16-22(32-21)24(29)26-25-23(28)12-8-18-6-9-20(10-7-18)33(30,31)27-13-3-2-4-14-27/h6-7,9-10,16-17H,2-5,8,11-15H2,1H3,(H,25,28)(H,26,29). The number of fused-ring (bicyclic) bond motifs is 1. The topological polar surface area (TPSA) is 95.6 Å². The van der Waals surface area contributed by atoms with Crippen LogP contribution in [0.5, 0.6) is 0 Å². The van der Waals surface area contributed by atoms with Gasteiger partial charge in [-0.15, -0.1) is 11.3 Å². The van der Waals surface area contributed by atoms with E-state index in [4.69, 9.17) is 0 Å². The van der Waals surface area contributed by atoms with Crippen molar-refractivity contribution in [1.29, 1.82) is 0 Å². The Morgan fingerprint density at radius 3 is 2.55 bits per heavy atom. The van der Waals surface area contributed by atoms with Crippen LogP contribution in [0, 0.1) is 5.92 Å². The zero-order valence-corrected chi connectivity index (χ0v) is 20.6. The van der Waals surface area contributed by atoms with E-state index in [0.29, 0.717) is 30.3 Å².